The third-order valence-corrected chi connectivity index (χ3v) is 4.67. The highest BCUT2D eigenvalue weighted by atomic mass is 32.1. The van der Waals surface area contributed by atoms with Crippen LogP contribution in [0.15, 0.2) is 15.6 Å². The highest BCUT2D eigenvalue weighted by Crippen LogP contribution is 2.36. The minimum atomic E-state index is -0.194. The van der Waals surface area contributed by atoms with Crippen molar-refractivity contribution in [1.82, 2.24) is 9.97 Å². The highest BCUT2D eigenvalue weighted by molar-refractivity contribution is 7.08. The van der Waals surface area contributed by atoms with Crippen molar-refractivity contribution < 1.29 is 5.11 Å². The van der Waals surface area contributed by atoms with Crippen LogP contribution in [-0.4, -0.2) is 15.1 Å². The number of hydrogen-bond donors (Lipinski definition) is 2. The number of hydrogen-bond acceptors (Lipinski definition) is 4. The first-order chi connectivity index (χ1) is 9.16. The molecule has 19 heavy (non-hydrogen) atoms. The molecule has 0 aliphatic heterocycles. The van der Waals surface area contributed by atoms with E-state index in [0.717, 1.165) is 36.8 Å². The van der Waals surface area contributed by atoms with Crippen molar-refractivity contribution in [2.45, 2.75) is 38.5 Å². The molecule has 1 aliphatic rings. The van der Waals surface area contributed by atoms with Crippen LogP contribution < -0.4 is 5.56 Å². The second-order valence-electron chi connectivity index (χ2n) is 5.10. The van der Waals surface area contributed by atoms with Crippen molar-refractivity contribution in [3.8, 4) is 17.3 Å². The zero-order chi connectivity index (χ0) is 13.4. The predicted molar refractivity (Wildman–Crippen MR) is 75.8 cm³/mol. The fraction of sp³-hybridized carbons (Fsp3) is 0.429. The lowest BCUT2D eigenvalue weighted by molar-refractivity contribution is 0.436. The maximum atomic E-state index is 12.2. The molecule has 0 atom stereocenters. The van der Waals surface area contributed by atoms with E-state index in [1.807, 2.05) is 17.7 Å². The average molecular weight is 276 g/mol. The van der Waals surface area contributed by atoms with Gasteiger partial charge >= 0.3 is 0 Å². The second kappa shape index (κ2) is 4.81. The predicted octanol–water partition coefficient (Wildman–Crippen LogP) is 3.17. The molecular formula is C14H16N2O2S. The van der Waals surface area contributed by atoms with Gasteiger partial charge in [-0.05, 0) is 36.6 Å². The van der Waals surface area contributed by atoms with Gasteiger partial charge in [0.2, 0.25) is 5.88 Å². The molecule has 2 N–H and O–H groups in total. The largest absolute Gasteiger partial charge is 0.493 e. The molecule has 0 amide bonds. The van der Waals surface area contributed by atoms with Gasteiger partial charge in [0, 0.05) is 10.9 Å². The van der Waals surface area contributed by atoms with Crippen molar-refractivity contribution in [3.63, 3.8) is 0 Å². The summed E-state index contributed by atoms with van der Waals surface area (Å²) in [7, 11) is 0. The number of aromatic nitrogens is 2. The van der Waals surface area contributed by atoms with Gasteiger partial charge in [-0.2, -0.15) is 16.3 Å². The molecule has 5 heteroatoms. The highest BCUT2D eigenvalue weighted by Gasteiger charge is 2.25. The van der Waals surface area contributed by atoms with Crippen LogP contribution in [-0.2, 0) is 0 Å². The zero-order valence-corrected chi connectivity index (χ0v) is 11.6. The van der Waals surface area contributed by atoms with E-state index in [2.05, 4.69) is 9.97 Å². The van der Waals surface area contributed by atoms with Crippen LogP contribution in [0.25, 0.3) is 11.4 Å². The number of aromatic hydroxyl groups is 1. The van der Waals surface area contributed by atoms with E-state index < -0.39 is 0 Å². The molecule has 2 heterocycles. The molecule has 4 nitrogen and oxygen atoms in total. The maximum Gasteiger partial charge on any atom is 0.258 e. The molecule has 2 aromatic rings. The number of thiophene rings is 1. The van der Waals surface area contributed by atoms with Gasteiger partial charge in [0.05, 0.1) is 5.56 Å². The van der Waals surface area contributed by atoms with Crippen molar-refractivity contribution in [2.24, 2.45) is 0 Å². The third-order valence-electron chi connectivity index (χ3n) is 3.81. The second-order valence-corrected chi connectivity index (χ2v) is 5.85. The van der Waals surface area contributed by atoms with Gasteiger partial charge in [-0.25, -0.2) is 0 Å². The van der Waals surface area contributed by atoms with Gasteiger partial charge in [0.15, 0.2) is 0 Å². The number of aryl methyl sites for hydroxylation is 1. The summed E-state index contributed by atoms with van der Waals surface area (Å²) in [4.78, 5) is 19.2. The van der Waals surface area contributed by atoms with Crippen LogP contribution >= 0.6 is 11.3 Å². The van der Waals surface area contributed by atoms with E-state index in [0.29, 0.717) is 11.4 Å². The first kappa shape index (κ1) is 12.4. The monoisotopic (exact) mass is 276 g/mol. The van der Waals surface area contributed by atoms with Crippen molar-refractivity contribution in [3.05, 3.63) is 32.2 Å². The van der Waals surface area contributed by atoms with E-state index in [1.54, 1.807) is 11.3 Å². The summed E-state index contributed by atoms with van der Waals surface area (Å²) in [5.41, 5.74) is 2.21. The number of nitrogens with zero attached hydrogens (tertiary/aromatic N) is 1. The van der Waals surface area contributed by atoms with E-state index >= 15 is 0 Å². The molecule has 0 bridgehead atoms. The smallest absolute Gasteiger partial charge is 0.258 e. The molecule has 0 saturated heterocycles. The summed E-state index contributed by atoms with van der Waals surface area (Å²) in [5.74, 6) is 0.521. The summed E-state index contributed by atoms with van der Waals surface area (Å²) in [6, 6.07) is 0. The van der Waals surface area contributed by atoms with Gasteiger partial charge in [0.25, 0.3) is 5.56 Å². The number of rotatable bonds is 2. The van der Waals surface area contributed by atoms with Gasteiger partial charge in [0.1, 0.15) is 5.82 Å². The summed E-state index contributed by atoms with van der Waals surface area (Å²) in [6.45, 7) is 1.97. The van der Waals surface area contributed by atoms with E-state index in [4.69, 9.17) is 0 Å². The molecule has 0 radical (unpaired) electrons. The standard InChI is InChI=1S/C14H16N2O2S/c1-8-6-19-7-10(8)12-15-13(17)11(14(18)16-12)9-4-2-3-5-9/h6-7,9H,2-5H2,1H3,(H2,15,16,17,18). The Kier molecular flexibility index (Phi) is 3.14. The Morgan fingerprint density at radius 2 is 2.11 bits per heavy atom. The number of aromatic amines is 1. The molecule has 3 rings (SSSR count). The van der Waals surface area contributed by atoms with E-state index in [-0.39, 0.29) is 17.4 Å². The molecule has 0 aromatic carbocycles. The van der Waals surface area contributed by atoms with Gasteiger partial charge < -0.3 is 10.1 Å². The minimum absolute atomic E-state index is 0.101. The summed E-state index contributed by atoms with van der Waals surface area (Å²) >= 11 is 1.56. The van der Waals surface area contributed by atoms with Gasteiger partial charge in [-0.15, -0.1) is 0 Å². The van der Waals surface area contributed by atoms with Crippen molar-refractivity contribution in [2.75, 3.05) is 0 Å². The Morgan fingerprint density at radius 3 is 2.68 bits per heavy atom. The Bertz CT molecular complexity index is 654. The molecule has 100 valence electrons. The summed E-state index contributed by atoms with van der Waals surface area (Å²) in [5, 5.41) is 14.0. The Balaban J connectivity index is 2.07. The van der Waals surface area contributed by atoms with Gasteiger partial charge in [-0.3, -0.25) is 4.79 Å². The van der Waals surface area contributed by atoms with Crippen LogP contribution in [0.1, 0.15) is 42.7 Å². The van der Waals surface area contributed by atoms with Crippen LogP contribution in [0.4, 0.5) is 0 Å². The fourth-order valence-corrected chi connectivity index (χ4v) is 3.62. The molecule has 1 fully saturated rings. The van der Waals surface area contributed by atoms with Crippen LogP contribution in [0, 0.1) is 6.92 Å². The Hall–Kier alpha value is -1.62. The molecule has 2 aromatic heterocycles. The molecule has 0 unspecified atom stereocenters. The van der Waals surface area contributed by atoms with Crippen molar-refractivity contribution >= 4 is 11.3 Å². The lowest BCUT2D eigenvalue weighted by Gasteiger charge is -2.10. The zero-order valence-electron chi connectivity index (χ0n) is 10.8. The van der Waals surface area contributed by atoms with Crippen molar-refractivity contribution in [1.29, 1.82) is 0 Å². The van der Waals surface area contributed by atoms with Crippen LogP contribution in [0.2, 0.25) is 0 Å². The number of nitrogens with one attached hydrogen (secondary N) is 1. The van der Waals surface area contributed by atoms with E-state index in [9.17, 15) is 9.90 Å². The third kappa shape index (κ3) is 2.18. The van der Waals surface area contributed by atoms with E-state index in [1.165, 1.54) is 0 Å². The summed E-state index contributed by atoms with van der Waals surface area (Å²) < 4.78 is 0. The molecular weight excluding hydrogens is 260 g/mol. The lowest BCUT2D eigenvalue weighted by atomic mass is 10.00. The Labute approximate surface area is 115 Å². The topological polar surface area (TPSA) is 66.0 Å². The summed E-state index contributed by atoms with van der Waals surface area (Å²) in [6.07, 6.45) is 4.17. The fourth-order valence-electron chi connectivity index (χ4n) is 2.78. The first-order valence-electron chi connectivity index (χ1n) is 6.53. The lowest BCUT2D eigenvalue weighted by Crippen LogP contribution is -2.17. The van der Waals surface area contributed by atoms with Crippen LogP contribution in [0.3, 0.4) is 0 Å². The molecule has 1 saturated carbocycles. The first-order valence-corrected chi connectivity index (χ1v) is 7.47. The maximum absolute atomic E-state index is 12.2. The SMILES string of the molecule is Cc1cscc1-c1nc(O)c(C2CCCC2)c(=O)[nH]1. The normalized spacial score (nSPS) is 16.1. The average Bonchev–Trinajstić information content (AvgIpc) is 2.99. The van der Waals surface area contributed by atoms with Crippen LogP contribution in [0.5, 0.6) is 5.88 Å². The minimum Gasteiger partial charge on any atom is -0.493 e. The quantitative estimate of drug-likeness (QED) is 0.885. The number of H-pyrrole nitrogens is 1. The molecule has 0 spiro atoms. The molecule has 1 aliphatic carbocycles. The van der Waals surface area contributed by atoms with Gasteiger partial charge in [-0.1, -0.05) is 12.8 Å². The Morgan fingerprint density at radius 1 is 1.37 bits per heavy atom.